The van der Waals surface area contributed by atoms with E-state index in [0.717, 1.165) is 0 Å². The van der Waals surface area contributed by atoms with E-state index in [4.69, 9.17) is 11.6 Å². The number of hydrogen-bond acceptors (Lipinski definition) is 2. The maximum atomic E-state index is 12.4. The predicted octanol–water partition coefficient (Wildman–Crippen LogP) is 2.80. The van der Waals surface area contributed by atoms with Gasteiger partial charge in [0.2, 0.25) is 5.28 Å². The number of halogens is 4. The van der Waals surface area contributed by atoms with Crippen LogP contribution in [0.4, 0.5) is 13.2 Å². The van der Waals surface area contributed by atoms with Gasteiger partial charge in [0.15, 0.2) is 0 Å². The molecule has 15 heavy (non-hydrogen) atoms. The Bertz CT molecular complexity index is 378. The summed E-state index contributed by atoms with van der Waals surface area (Å²) in [5.41, 5.74) is 1.21. The van der Waals surface area contributed by atoms with E-state index in [1.807, 2.05) is 0 Å². The van der Waals surface area contributed by atoms with Crippen LogP contribution in [0.5, 0.6) is 0 Å². The van der Waals surface area contributed by atoms with Gasteiger partial charge in [0, 0.05) is 11.9 Å². The van der Waals surface area contributed by atoms with E-state index in [2.05, 4.69) is 9.97 Å². The lowest BCUT2D eigenvalue weighted by atomic mass is 9.87. The van der Waals surface area contributed by atoms with Crippen molar-refractivity contribution in [3.8, 4) is 0 Å². The number of nitrogens with zero attached hydrogens (tertiary/aromatic N) is 2. The van der Waals surface area contributed by atoms with Crippen molar-refractivity contribution in [2.45, 2.75) is 25.4 Å². The highest BCUT2D eigenvalue weighted by atomic mass is 35.5. The SMILES string of the molecule is FC(F)(F)C1CCc2nc(Cl)ncc2C1. The Balaban J connectivity index is 2.24. The van der Waals surface area contributed by atoms with Crippen LogP contribution in [0.2, 0.25) is 5.28 Å². The average molecular weight is 237 g/mol. The molecule has 0 saturated carbocycles. The van der Waals surface area contributed by atoms with Crippen LogP contribution in [-0.4, -0.2) is 16.1 Å². The summed E-state index contributed by atoms with van der Waals surface area (Å²) in [6.07, 6.45) is -2.36. The van der Waals surface area contributed by atoms with Gasteiger partial charge in [-0.1, -0.05) is 0 Å². The first kappa shape index (κ1) is 10.7. The molecule has 1 heterocycles. The molecule has 6 heteroatoms. The summed E-state index contributed by atoms with van der Waals surface area (Å²) in [5, 5.41) is 0.0965. The fraction of sp³-hybridized carbons (Fsp3) is 0.556. The molecule has 2 rings (SSSR count). The Hall–Kier alpha value is -0.840. The number of alkyl halides is 3. The first-order valence-electron chi connectivity index (χ1n) is 4.54. The van der Waals surface area contributed by atoms with Crippen molar-refractivity contribution in [2.24, 2.45) is 5.92 Å². The summed E-state index contributed by atoms with van der Waals surface area (Å²) < 4.78 is 37.3. The summed E-state index contributed by atoms with van der Waals surface area (Å²) in [6.45, 7) is 0. The van der Waals surface area contributed by atoms with E-state index in [0.29, 0.717) is 17.7 Å². The van der Waals surface area contributed by atoms with Crippen molar-refractivity contribution in [1.29, 1.82) is 0 Å². The molecule has 1 aromatic rings. The molecule has 0 amide bonds. The molecule has 1 atom stereocenters. The minimum absolute atomic E-state index is 0.0317. The fourth-order valence-corrected chi connectivity index (χ4v) is 1.91. The first-order valence-corrected chi connectivity index (χ1v) is 4.91. The van der Waals surface area contributed by atoms with Crippen LogP contribution < -0.4 is 0 Å². The molecule has 0 aliphatic heterocycles. The minimum Gasteiger partial charge on any atom is -0.226 e. The van der Waals surface area contributed by atoms with E-state index < -0.39 is 12.1 Å². The summed E-state index contributed by atoms with van der Waals surface area (Å²) in [6, 6.07) is 0. The van der Waals surface area contributed by atoms with E-state index in [1.54, 1.807) is 0 Å². The van der Waals surface area contributed by atoms with Crippen molar-refractivity contribution >= 4 is 11.6 Å². The number of aromatic nitrogens is 2. The number of aryl methyl sites for hydroxylation is 1. The number of fused-ring (bicyclic) bond motifs is 1. The van der Waals surface area contributed by atoms with Crippen LogP contribution in [0.15, 0.2) is 6.20 Å². The Kier molecular flexibility index (Phi) is 2.58. The van der Waals surface area contributed by atoms with Crippen molar-refractivity contribution in [2.75, 3.05) is 0 Å². The lowest BCUT2D eigenvalue weighted by Crippen LogP contribution is -2.29. The van der Waals surface area contributed by atoms with Crippen molar-refractivity contribution in [3.63, 3.8) is 0 Å². The molecule has 0 saturated heterocycles. The van der Waals surface area contributed by atoms with Crippen LogP contribution in [0.25, 0.3) is 0 Å². The monoisotopic (exact) mass is 236 g/mol. The van der Waals surface area contributed by atoms with Crippen LogP contribution in [0.3, 0.4) is 0 Å². The quantitative estimate of drug-likeness (QED) is 0.648. The van der Waals surface area contributed by atoms with Gasteiger partial charge in [-0.15, -0.1) is 0 Å². The van der Waals surface area contributed by atoms with Gasteiger partial charge in [0.1, 0.15) is 0 Å². The molecule has 82 valence electrons. The van der Waals surface area contributed by atoms with Gasteiger partial charge < -0.3 is 0 Å². The van der Waals surface area contributed by atoms with Gasteiger partial charge in [-0.3, -0.25) is 0 Å². The molecule has 0 fully saturated rings. The van der Waals surface area contributed by atoms with Gasteiger partial charge in [-0.05, 0) is 36.4 Å². The van der Waals surface area contributed by atoms with Crippen LogP contribution >= 0.6 is 11.6 Å². The zero-order valence-corrected chi connectivity index (χ0v) is 8.44. The number of hydrogen-bond donors (Lipinski definition) is 0. The highest BCUT2D eigenvalue weighted by Crippen LogP contribution is 2.36. The Labute approximate surface area is 89.5 Å². The fourth-order valence-electron chi connectivity index (χ4n) is 1.76. The van der Waals surface area contributed by atoms with E-state index in [9.17, 15) is 13.2 Å². The van der Waals surface area contributed by atoms with E-state index in [-0.39, 0.29) is 18.1 Å². The molecule has 0 radical (unpaired) electrons. The summed E-state index contributed by atoms with van der Waals surface area (Å²) in [5.74, 6) is -1.27. The highest BCUT2D eigenvalue weighted by molar-refractivity contribution is 6.28. The molecule has 1 aliphatic rings. The molecule has 2 nitrogen and oxygen atoms in total. The van der Waals surface area contributed by atoms with Gasteiger partial charge in [-0.2, -0.15) is 13.2 Å². The molecular weight excluding hydrogens is 229 g/mol. The van der Waals surface area contributed by atoms with Crippen LogP contribution in [-0.2, 0) is 12.8 Å². The van der Waals surface area contributed by atoms with E-state index >= 15 is 0 Å². The average Bonchev–Trinajstić information content (AvgIpc) is 2.15. The van der Waals surface area contributed by atoms with Gasteiger partial charge >= 0.3 is 6.18 Å². The van der Waals surface area contributed by atoms with Gasteiger partial charge in [0.25, 0.3) is 0 Å². The van der Waals surface area contributed by atoms with E-state index in [1.165, 1.54) is 6.20 Å². The molecular formula is C9H8ClF3N2. The molecule has 1 unspecified atom stereocenters. The maximum absolute atomic E-state index is 12.4. The van der Waals surface area contributed by atoms with Crippen molar-refractivity contribution in [1.82, 2.24) is 9.97 Å². The molecule has 1 aromatic heterocycles. The Morgan fingerprint density at radius 1 is 1.40 bits per heavy atom. The zero-order valence-electron chi connectivity index (χ0n) is 7.68. The second kappa shape index (κ2) is 3.63. The standard InChI is InChI=1S/C9H8ClF3N2/c10-8-14-4-5-3-6(9(11,12)13)1-2-7(5)15-8/h4,6H,1-3H2. The van der Waals surface area contributed by atoms with Gasteiger partial charge in [-0.25, -0.2) is 9.97 Å². The van der Waals surface area contributed by atoms with Gasteiger partial charge in [0.05, 0.1) is 5.92 Å². The summed E-state index contributed by atoms with van der Waals surface area (Å²) >= 11 is 5.56. The smallest absolute Gasteiger partial charge is 0.226 e. The predicted molar refractivity (Wildman–Crippen MR) is 48.6 cm³/mol. The summed E-state index contributed by atoms with van der Waals surface area (Å²) in [7, 11) is 0. The minimum atomic E-state index is -4.13. The molecule has 0 spiro atoms. The molecule has 0 aromatic carbocycles. The summed E-state index contributed by atoms with van der Waals surface area (Å²) in [4.78, 5) is 7.61. The second-order valence-corrected chi connectivity index (χ2v) is 3.93. The third kappa shape index (κ3) is 2.22. The molecule has 0 bridgehead atoms. The maximum Gasteiger partial charge on any atom is 0.392 e. The Morgan fingerprint density at radius 3 is 2.80 bits per heavy atom. The largest absolute Gasteiger partial charge is 0.392 e. The molecule has 0 N–H and O–H groups in total. The first-order chi connectivity index (χ1) is 6.97. The number of rotatable bonds is 0. The van der Waals surface area contributed by atoms with Crippen molar-refractivity contribution < 1.29 is 13.2 Å². The third-order valence-electron chi connectivity index (χ3n) is 2.58. The second-order valence-electron chi connectivity index (χ2n) is 3.59. The normalized spacial score (nSPS) is 21.2. The molecule has 1 aliphatic carbocycles. The third-order valence-corrected chi connectivity index (χ3v) is 2.77. The lowest BCUT2D eigenvalue weighted by Gasteiger charge is -2.25. The van der Waals surface area contributed by atoms with Crippen molar-refractivity contribution in [3.05, 3.63) is 22.7 Å². The lowest BCUT2D eigenvalue weighted by molar-refractivity contribution is -0.177. The zero-order chi connectivity index (χ0) is 11.1. The Morgan fingerprint density at radius 2 is 2.13 bits per heavy atom. The topological polar surface area (TPSA) is 25.8 Å². The van der Waals surface area contributed by atoms with Crippen LogP contribution in [0.1, 0.15) is 17.7 Å². The van der Waals surface area contributed by atoms with Crippen LogP contribution in [0, 0.1) is 5.92 Å². The highest BCUT2D eigenvalue weighted by Gasteiger charge is 2.41.